The molecule has 1 aromatic carbocycles. The molecule has 20 heavy (non-hydrogen) atoms. The predicted octanol–water partition coefficient (Wildman–Crippen LogP) is 1.48. The van der Waals surface area contributed by atoms with Crippen molar-refractivity contribution >= 4 is 11.8 Å². The average molecular weight is 276 g/mol. The molecule has 0 aliphatic carbocycles. The lowest BCUT2D eigenvalue weighted by Gasteiger charge is -2.23. The van der Waals surface area contributed by atoms with Gasteiger partial charge < -0.3 is 15.4 Å². The summed E-state index contributed by atoms with van der Waals surface area (Å²) < 4.78 is 5.51. The molecule has 0 aromatic heterocycles. The van der Waals surface area contributed by atoms with Crippen LogP contribution in [0.1, 0.15) is 36.5 Å². The first-order valence-electron chi connectivity index (χ1n) is 6.99. The van der Waals surface area contributed by atoms with Crippen LogP contribution in [0.15, 0.2) is 24.3 Å². The Hall–Kier alpha value is -2.04. The van der Waals surface area contributed by atoms with Gasteiger partial charge in [0, 0.05) is 24.6 Å². The maximum absolute atomic E-state index is 12.1. The lowest BCUT2D eigenvalue weighted by Crippen LogP contribution is -2.47. The first-order chi connectivity index (χ1) is 9.69. The maximum Gasteiger partial charge on any atom is 0.251 e. The van der Waals surface area contributed by atoms with E-state index in [1.807, 2.05) is 19.1 Å². The van der Waals surface area contributed by atoms with E-state index in [0.29, 0.717) is 37.3 Å². The van der Waals surface area contributed by atoms with E-state index in [-0.39, 0.29) is 17.9 Å². The van der Waals surface area contributed by atoms with Crippen LogP contribution in [0.25, 0.3) is 0 Å². The van der Waals surface area contributed by atoms with Crippen LogP contribution in [0.4, 0.5) is 0 Å². The van der Waals surface area contributed by atoms with Crippen LogP contribution in [-0.4, -0.2) is 31.0 Å². The van der Waals surface area contributed by atoms with Crippen molar-refractivity contribution in [1.82, 2.24) is 10.6 Å². The summed E-state index contributed by atoms with van der Waals surface area (Å²) in [6, 6.07) is 7.15. The summed E-state index contributed by atoms with van der Waals surface area (Å²) in [6.07, 6.45) is 2.08. The van der Waals surface area contributed by atoms with Crippen LogP contribution in [0, 0.1) is 0 Å². The summed E-state index contributed by atoms with van der Waals surface area (Å²) in [7, 11) is 0. The Kier molecular flexibility index (Phi) is 4.98. The molecule has 1 unspecified atom stereocenters. The van der Waals surface area contributed by atoms with E-state index >= 15 is 0 Å². The summed E-state index contributed by atoms with van der Waals surface area (Å²) >= 11 is 0. The van der Waals surface area contributed by atoms with Gasteiger partial charge in [0.15, 0.2) is 0 Å². The average Bonchev–Trinajstić information content (AvgIpc) is 2.48. The van der Waals surface area contributed by atoms with Crippen LogP contribution >= 0.6 is 0 Å². The molecule has 1 aliphatic heterocycles. The zero-order valence-corrected chi connectivity index (χ0v) is 11.6. The lowest BCUT2D eigenvalue weighted by molar-refractivity contribution is -0.122. The van der Waals surface area contributed by atoms with Crippen molar-refractivity contribution in [3.8, 4) is 5.75 Å². The molecule has 2 amide bonds. The quantitative estimate of drug-likeness (QED) is 0.856. The Balaban J connectivity index is 1.93. The minimum absolute atomic E-state index is 0.000385. The summed E-state index contributed by atoms with van der Waals surface area (Å²) in [6.45, 7) is 3.17. The lowest BCUT2D eigenvalue weighted by atomic mass is 10.1. The molecule has 5 heteroatoms. The summed E-state index contributed by atoms with van der Waals surface area (Å²) in [5.74, 6) is 0.620. The van der Waals surface area contributed by atoms with Crippen LogP contribution < -0.4 is 15.4 Å². The molecule has 1 fully saturated rings. The van der Waals surface area contributed by atoms with Crippen molar-refractivity contribution < 1.29 is 14.3 Å². The molecular formula is C15H20N2O3. The zero-order chi connectivity index (χ0) is 14.4. The van der Waals surface area contributed by atoms with E-state index in [2.05, 4.69) is 10.6 Å². The largest absolute Gasteiger partial charge is 0.494 e. The monoisotopic (exact) mass is 276 g/mol. The number of rotatable bonds is 5. The topological polar surface area (TPSA) is 67.4 Å². The molecule has 1 saturated heterocycles. The smallest absolute Gasteiger partial charge is 0.251 e. The van der Waals surface area contributed by atoms with Gasteiger partial charge >= 0.3 is 0 Å². The van der Waals surface area contributed by atoms with Crippen LogP contribution in [0.3, 0.4) is 0 Å². The molecule has 108 valence electrons. The van der Waals surface area contributed by atoms with E-state index < -0.39 is 0 Å². The standard InChI is InChI=1S/C15H20N2O3/c1-2-8-20-13-5-3-4-11(9-13)15(19)17-12-6-7-14(18)16-10-12/h3-5,9,12H,2,6-8,10H2,1H3,(H,16,18)(H,17,19). The van der Waals surface area contributed by atoms with Crippen molar-refractivity contribution in [2.24, 2.45) is 0 Å². The van der Waals surface area contributed by atoms with E-state index in [1.165, 1.54) is 0 Å². The number of nitrogens with one attached hydrogen (secondary N) is 2. The number of piperidine rings is 1. The fourth-order valence-corrected chi connectivity index (χ4v) is 2.07. The highest BCUT2D eigenvalue weighted by Gasteiger charge is 2.20. The molecular weight excluding hydrogens is 256 g/mol. The Bertz CT molecular complexity index is 478. The van der Waals surface area contributed by atoms with Crippen LogP contribution in [-0.2, 0) is 4.79 Å². The normalized spacial score (nSPS) is 18.2. The first kappa shape index (κ1) is 14.4. The summed E-state index contributed by atoms with van der Waals surface area (Å²) in [5, 5.41) is 5.68. The van der Waals surface area contributed by atoms with Gasteiger partial charge in [-0.2, -0.15) is 0 Å². The van der Waals surface area contributed by atoms with E-state index in [9.17, 15) is 9.59 Å². The van der Waals surface area contributed by atoms with Crippen LogP contribution in [0.2, 0.25) is 0 Å². The van der Waals surface area contributed by atoms with Crippen molar-refractivity contribution in [2.45, 2.75) is 32.2 Å². The van der Waals surface area contributed by atoms with Crippen molar-refractivity contribution in [2.75, 3.05) is 13.2 Å². The van der Waals surface area contributed by atoms with Crippen molar-refractivity contribution in [3.05, 3.63) is 29.8 Å². The highest BCUT2D eigenvalue weighted by atomic mass is 16.5. The summed E-state index contributed by atoms with van der Waals surface area (Å²) in [4.78, 5) is 23.2. The van der Waals surface area contributed by atoms with Gasteiger partial charge in [0.1, 0.15) is 5.75 Å². The van der Waals surface area contributed by atoms with E-state index in [1.54, 1.807) is 12.1 Å². The van der Waals surface area contributed by atoms with Gasteiger partial charge in [0.25, 0.3) is 5.91 Å². The van der Waals surface area contributed by atoms with Crippen LogP contribution in [0.5, 0.6) is 5.75 Å². The molecule has 0 saturated carbocycles. The Morgan fingerprint density at radius 1 is 1.50 bits per heavy atom. The van der Waals surface area contributed by atoms with Crippen molar-refractivity contribution in [3.63, 3.8) is 0 Å². The second-order valence-corrected chi connectivity index (χ2v) is 4.89. The third-order valence-electron chi connectivity index (χ3n) is 3.17. The number of carbonyl (C=O) groups excluding carboxylic acids is 2. The summed E-state index contributed by atoms with van der Waals surface area (Å²) in [5.41, 5.74) is 0.579. The number of amides is 2. The zero-order valence-electron chi connectivity index (χ0n) is 11.6. The molecule has 5 nitrogen and oxygen atoms in total. The first-order valence-corrected chi connectivity index (χ1v) is 6.99. The minimum atomic E-state index is -0.131. The van der Waals surface area contributed by atoms with Gasteiger partial charge in [0.05, 0.1) is 6.61 Å². The van der Waals surface area contributed by atoms with Gasteiger partial charge in [-0.1, -0.05) is 13.0 Å². The Labute approximate surface area is 118 Å². The third-order valence-corrected chi connectivity index (χ3v) is 3.17. The highest BCUT2D eigenvalue weighted by molar-refractivity contribution is 5.94. The number of hydrogen-bond acceptors (Lipinski definition) is 3. The highest BCUT2D eigenvalue weighted by Crippen LogP contribution is 2.14. The Morgan fingerprint density at radius 3 is 3.05 bits per heavy atom. The molecule has 0 spiro atoms. The Morgan fingerprint density at radius 2 is 2.35 bits per heavy atom. The number of ether oxygens (including phenoxy) is 1. The molecule has 1 atom stereocenters. The predicted molar refractivity (Wildman–Crippen MR) is 75.7 cm³/mol. The molecule has 2 rings (SSSR count). The van der Waals surface area contributed by atoms with Gasteiger partial charge in [-0.3, -0.25) is 9.59 Å². The SMILES string of the molecule is CCCOc1cccc(C(=O)NC2CCC(=O)NC2)c1. The second-order valence-electron chi connectivity index (χ2n) is 4.89. The molecule has 1 aromatic rings. The fraction of sp³-hybridized carbons (Fsp3) is 0.467. The maximum atomic E-state index is 12.1. The van der Waals surface area contributed by atoms with Gasteiger partial charge in [0.2, 0.25) is 5.91 Å². The van der Waals surface area contributed by atoms with Gasteiger partial charge in [-0.25, -0.2) is 0 Å². The van der Waals surface area contributed by atoms with Gasteiger partial charge in [-0.05, 0) is 31.0 Å². The second kappa shape index (κ2) is 6.93. The van der Waals surface area contributed by atoms with E-state index in [4.69, 9.17) is 4.74 Å². The van der Waals surface area contributed by atoms with Gasteiger partial charge in [-0.15, -0.1) is 0 Å². The fourth-order valence-electron chi connectivity index (χ4n) is 2.07. The number of benzene rings is 1. The molecule has 1 heterocycles. The number of carbonyl (C=O) groups is 2. The molecule has 0 radical (unpaired) electrons. The molecule has 0 bridgehead atoms. The van der Waals surface area contributed by atoms with Crippen molar-refractivity contribution in [1.29, 1.82) is 0 Å². The number of hydrogen-bond donors (Lipinski definition) is 2. The van der Waals surface area contributed by atoms with E-state index in [0.717, 1.165) is 6.42 Å². The minimum Gasteiger partial charge on any atom is -0.494 e. The molecule has 1 aliphatic rings. The third kappa shape index (κ3) is 3.98. The molecule has 2 N–H and O–H groups in total.